The van der Waals surface area contributed by atoms with Gasteiger partial charge in [-0.2, -0.15) is 0 Å². The van der Waals surface area contributed by atoms with Gasteiger partial charge in [0.25, 0.3) is 5.56 Å². The van der Waals surface area contributed by atoms with Crippen molar-refractivity contribution in [2.75, 3.05) is 0 Å². The number of hydrogen-bond acceptors (Lipinski definition) is 4. The van der Waals surface area contributed by atoms with Crippen molar-refractivity contribution in [3.8, 4) is 0 Å². The lowest BCUT2D eigenvalue weighted by atomic mass is 9.90. The summed E-state index contributed by atoms with van der Waals surface area (Å²) in [5.41, 5.74) is -0.844. The Balaban J connectivity index is 2.62. The molecule has 2 rings (SSSR count). The highest BCUT2D eigenvalue weighted by Gasteiger charge is 2.26. The van der Waals surface area contributed by atoms with Crippen LogP contribution in [0.1, 0.15) is 40.0 Å². The van der Waals surface area contributed by atoms with Crippen LogP contribution in [0.4, 0.5) is 0 Å². The van der Waals surface area contributed by atoms with Crippen molar-refractivity contribution in [2.45, 2.75) is 19.8 Å². The van der Waals surface area contributed by atoms with Crippen LogP contribution in [-0.4, -0.2) is 26.8 Å². The summed E-state index contributed by atoms with van der Waals surface area (Å²) in [6, 6.07) is 0. The molecule has 0 saturated carbocycles. The number of hydrogen-bond donors (Lipinski definition) is 2. The second kappa shape index (κ2) is 3.55. The maximum Gasteiger partial charge on any atom is 0.360 e. The van der Waals surface area contributed by atoms with E-state index in [4.69, 9.17) is 5.11 Å². The number of nitrogens with zero attached hydrogens (tertiary/aromatic N) is 1. The maximum absolute atomic E-state index is 11.6. The summed E-state index contributed by atoms with van der Waals surface area (Å²) in [6.07, 6.45) is 0.883. The van der Waals surface area contributed by atoms with Crippen LogP contribution in [0.25, 0.3) is 0 Å². The van der Waals surface area contributed by atoms with E-state index in [1.165, 1.54) is 0 Å². The lowest BCUT2D eigenvalue weighted by Crippen LogP contribution is -2.29. The molecule has 0 fully saturated rings. The number of aromatic amines is 1. The number of aromatic carboxylic acids is 1. The number of Topliss-reactive ketones (excluding diaryl/α,β-unsaturated/α-hetero) is 1. The van der Waals surface area contributed by atoms with Gasteiger partial charge in [-0.3, -0.25) is 9.59 Å². The van der Waals surface area contributed by atoms with Gasteiger partial charge in [0, 0.05) is 12.1 Å². The highest BCUT2D eigenvalue weighted by Crippen LogP contribution is 2.21. The molecule has 0 unspecified atom stereocenters. The number of fused-ring (bicyclic) bond motifs is 1. The maximum atomic E-state index is 11.6. The van der Waals surface area contributed by atoms with Gasteiger partial charge in [-0.05, 0) is 12.3 Å². The third-order valence-corrected chi connectivity index (χ3v) is 2.54. The number of rotatable bonds is 1. The van der Waals surface area contributed by atoms with E-state index in [0.29, 0.717) is 18.5 Å². The summed E-state index contributed by atoms with van der Waals surface area (Å²) in [7, 11) is 0. The predicted octanol–water partition coefficient (Wildman–Crippen LogP) is 0.233. The first-order chi connectivity index (χ1) is 7.49. The third-order valence-electron chi connectivity index (χ3n) is 2.54. The largest absolute Gasteiger partial charge is 0.476 e. The molecule has 0 saturated heterocycles. The normalized spacial score (nSPS) is 19.3. The number of carbonyl (C=O) groups excluding carboxylic acids is 1. The first-order valence-corrected chi connectivity index (χ1v) is 4.88. The van der Waals surface area contributed by atoms with E-state index >= 15 is 0 Å². The molecule has 0 spiro atoms. The molecule has 2 N–H and O–H groups in total. The SMILES string of the molecule is C[C@@H]1CC(=O)c2nc(C(=O)O)c(=O)[nH]c2C1. The van der Waals surface area contributed by atoms with Crippen molar-refractivity contribution < 1.29 is 14.7 Å². The van der Waals surface area contributed by atoms with Gasteiger partial charge in [-0.1, -0.05) is 6.92 Å². The molecule has 1 aliphatic rings. The summed E-state index contributed by atoms with van der Waals surface area (Å²) >= 11 is 0. The van der Waals surface area contributed by atoms with Gasteiger partial charge in [0.05, 0.1) is 0 Å². The van der Waals surface area contributed by atoms with E-state index in [-0.39, 0.29) is 17.4 Å². The molecule has 1 aromatic heterocycles. The number of carbonyl (C=O) groups is 2. The van der Waals surface area contributed by atoms with E-state index in [0.717, 1.165) is 0 Å². The van der Waals surface area contributed by atoms with Crippen LogP contribution >= 0.6 is 0 Å². The van der Waals surface area contributed by atoms with E-state index in [9.17, 15) is 14.4 Å². The third kappa shape index (κ3) is 1.62. The van der Waals surface area contributed by atoms with Crippen LogP contribution in [0.5, 0.6) is 0 Å². The average Bonchev–Trinajstić information content (AvgIpc) is 2.15. The van der Waals surface area contributed by atoms with Gasteiger partial charge in [-0.15, -0.1) is 0 Å². The lowest BCUT2D eigenvalue weighted by Gasteiger charge is -2.18. The number of aromatic nitrogens is 2. The van der Waals surface area contributed by atoms with Crippen molar-refractivity contribution >= 4 is 11.8 Å². The second-order valence-electron chi connectivity index (χ2n) is 3.98. The van der Waals surface area contributed by atoms with Crippen molar-refractivity contribution in [1.82, 2.24) is 9.97 Å². The number of H-pyrrole nitrogens is 1. The number of nitrogens with one attached hydrogen (secondary N) is 1. The number of ketones is 1. The Kier molecular flexibility index (Phi) is 2.34. The molecular weight excluding hydrogens is 212 g/mol. The molecule has 1 heterocycles. The molecule has 0 aromatic carbocycles. The van der Waals surface area contributed by atoms with E-state index in [1.54, 1.807) is 0 Å². The molecule has 6 nitrogen and oxygen atoms in total. The summed E-state index contributed by atoms with van der Waals surface area (Å²) in [6.45, 7) is 1.89. The van der Waals surface area contributed by atoms with Crippen LogP contribution < -0.4 is 5.56 Å². The smallest absolute Gasteiger partial charge is 0.360 e. The fraction of sp³-hybridized carbons (Fsp3) is 0.400. The van der Waals surface area contributed by atoms with Gasteiger partial charge < -0.3 is 10.1 Å². The Labute approximate surface area is 90.3 Å². The fourth-order valence-corrected chi connectivity index (χ4v) is 1.84. The lowest BCUT2D eigenvalue weighted by molar-refractivity contribution is 0.0688. The van der Waals surface area contributed by atoms with Crippen LogP contribution in [0, 0.1) is 5.92 Å². The van der Waals surface area contributed by atoms with E-state index < -0.39 is 17.2 Å². The monoisotopic (exact) mass is 222 g/mol. The zero-order valence-electron chi connectivity index (χ0n) is 8.61. The standard InChI is InChI=1S/C10H10N2O4/c1-4-2-5-7(6(13)3-4)12-8(10(15)16)9(14)11-5/h4H,2-3H2,1H3,(H,11,14)(H,15,16)/t4-/m0/s1. The quantitative estimate of drug-likeness (QED) is 0.708. The topological polar surface area (TPSA) is 100 Å². The molecule has 0 aliphatic heterocycles. The van der Waals surface area contributed by atoms with Crippen molar-refractivity contribution in [1.29, 1.82) is 0 Å². The van der Waals surface area contributed by atoms with Crippen molar-refractivity contribution in [3.05, 3.63) is 27.4 Å². The number of carboxylic acids is 1. The Hall–Kier alpha value is -1.98. The first kappa shape index (κ1) is 10.5. The second-order valence-corrected chi connectivity index (χ2v) is 3.98. The molecule has 1 atom stereocenters. The fourth-order valence-electron chi connectivity index (χ4n) is 1.84. The van der Waals surface area contributed by atoms with Gasteiger partial charge in [0.15, 0.2) is 5.78 Å². The minimum absolute atomic E-state index is 0.0927. The zero-order chi connectivity index (χ0) is 11.9. The molecule has 0 radical (unpaired) electrons. The molecule has 16 heavy (non-hydrogen) atoms. The molecule has 0 amide bonds. The van der Waals surface area contributed by atoms with Crippen LogP contribution in [0.15, 0.2) is 4.79 Å². The van der Waals surface area contributed by atoms with Gasteiger partial charge in [0.1, 0.15) is 5.69 Å². The minimum Gasteiger partial charge on any atom is -0.476 e. The predicted molar refractivity (Wildman–Crippen MR) is 53.6 cm³/mol. The van der Waals surface area contributed by atoms with Crippen LogP contribution in [0.3, 0.4) is 0 Å². The summed E-state index contributed by atoms with van der Waals surface area (Å²) in [4.78, 5) is 39.7. The van der Waals surface area contributed by atoms with Crippen molar-refractivity contribution in [3.63, 3.8) is 0 Å². The number of carboxylic acid groups (broad SMARTS) is 1. The first-order valence-electron chi connectivity index (χ1n) is 4.88. The molecule has 1 aliphatic carbocycles. The highest BCUT2D eigenvalue weighted by atomic mass is 16.4. The average molecular weight is 222 g/mol. The highest BCUT2D eigenvalue weighted by molar-refractivity contribution is 5.97. The van der Waals surface area contributed by atoms with E-state index in [1.807, 2.05) is 6.92 Å². The zero-order valence-corrected chi connectivity index (χ0v) is 8.61. The molecule has 0 bridgehead atoms. The molecule has 6 heteroatoms. The summed E-state index contributed by atoms with van der Waals surface area (Å²) in [5.74, 6) is -1.49. The summed E-state index contributed by atoms with van der Waals surface area (Å²) < 4.78 is 0. The molecule has 1 aromatic rings. The van der Waals surface area contributed by atoms with Gasteiger partial charge in [-0.25, -0.2) is 9.78 Å². The Bertz CT molecular complexity index is 532. The molecular formula is C10H10N2O4. The van der Waals surface area contributed by atoms with Crippen LogP contribution in [-0.2, 0) is 6.42 Å². The van der Waals surface area contributed by atoms with Crippen LogP contribution in [0.2, 0.25) is 0 Å². The van der Waals surface area contributed by atoms with Crippen molar-refractivity contribution in [2.24, 2.45) is 5.92 Å². The Morgan fingerprint density at radius 2 is 2.12 bits per heavy atom. The minimum atomic E-state index is -1.42. The molecule has 84 valence electrons. The Morgan fingerprint density at radius 1 is 1.44 bits per heavy atom. The van der Waals surface area contributed by atoms with Gasteiger partial charge >= 0.3 is 5.97 Å². The summed E-state index contributed by atoms with van der Waals surface area (Å²) in [5, 5.41) is 8.71. The Morgan fingerprint density at radius 3 is 2.75 bits per heavy atom. The van der Waals surface area contributed by atoms with E-state index in [2.05, 4.69) is 9.97 Å². The van der Waals surface area contributed by atoms with Gasteiger partial charge in [0.2, 0.25) is 5.69 Å².